The van der Waals surface area contributed by atoms with E-state index in [0.29, 0.717) is 19.1 Å². The highest BCUT2D eigenvalue weighted by Gasteiger charge is 2.33. The first-order valence-electron chi connectivity index (χ1n) is 5.63. The molecule has 4 nitrogen and oxygen atoms in total. The average Bonchev–Trinajstić information content (AvgIpc) is 2.17. The van der Waals surface area contributed by atoms with Crippen LogP contribution < -0.4 is 5.73 Å². The lowest BCUT2D eigenvalue weighted by Crippen LogP contribution is -2.60. The summed E-state index contributed by atoms with van der Waals surface area (Å²) in [6.07, 6.45) is 0. The Morgan fingerprint density at radius 3 is 2.40 bits per heavy atom. The van der Waals surface area contributed by atoms with E-state index >= 15 is 0 Å². The topological polar surface area (TPSA) is 49.6 Å². The molecule has 0 atom stereocenters. The lowest BCUT2D eigenvalue weighted by atomic mass is 10.0. The standard InChI is InChI=1S/C11H23N3O/c1-9(2)14-6-5-13(7-10(14)15)11(3,4)8-12/h9H,5-8,12H2,1-4H3. The van der Waals surface area contributed by atoms with Gasteiger partial charge in [0.15, 0.2) is 0 Å². The van der Waals surface area contributed by atoms with Crippen LogP contribution in [0.15, 0.2) is 0 Å². The van der Waals surface area contributed by atoms with Gasteiger partial charge in [-0.2, -0.15) is 0 Å². The van der Waals surface area contributed by atoms with Gasteiger partial charge >= 0.3 is 0 Å². The summed E-state index contributed by atoms with van der Waals surface area (Å²) in [7, 11) is 0. The number of hydrogen-bond acceptors (Lipinski definition) is 3. The SMILES string of the molecule is CC(C)N1CCN(C(C)(C)CN)CC1=O. The van der Waals surface area contributed by atoms with Crippen molar-refractivity contribution in [1.29, 1.82) is 0 Å². The third kappa shape index (κ3) is 2.69. The first-order valence-corrected chi connectivity index (χ1v) is 5.63. The molecule has 1 rings (SSSR count). The van der Waals surface area contributed by atoms with Crippen LogP contribution in [0.3, 0.4) is 0 Å². The monoisotopic (exact) mass is 213 g/mol. The van der Waals surface area contributed by atoms with E-state index in [9.17, 15) is 4.79 Å². The van der Waals surface area contributed by atoms with Gasteiger partial charge < -0.3 is 10.6 Å². The zero-order valence-electron chi connectivity index (χ0n) is 10.3. The third-order valence-corrected chi connectivity index (χ3v) is 3.24. The highest BCUT2D eigenvalue weighted by atomic mass is 16.2. The Kier molecular flexibility index (Phi) is 3.73. The maximum atomic E-state index is 11.9. The fourth-order valence-electron chi connectivity index (χ4n) is 1.88. The molecule has 0 aromatic rings. The minimum absolute atomic E-state index is 0.0707. The molecule has 0 aliphatic carbocycles. The molecule has 1 heterocycles. The van der Waals surface area contributed by atoms with Crippen LogP contribution in [0.1, 0.15) is 27.7 Å². The van der Waals surface area contributed by atoms with Gasteiger partial charge in [-0.3, -0.25) is 9.69 Å². The Hall–Kier alpha value is -0.610. The fraction of sp³-hybridized carbons (Fsp3) is 0.909. The van der Waals surface area contributed by atoms with Crippen molar-refractivity contribution in [3.63, 3.8) is 0 Å². The number of nitrogens with two attached hydrogens (primary N) is 1. The summed E-state index contributed by atoms with van der Waals surface area (Å²) in [5, 5.41) is 0. The van der Waals surface area contributed by atoms with Gasteiger partial charge in [0.05, 0.1) is 6.54 Å². The highest BCUT2D eigenvalue weighted by molar-refractivity contribution is 5.79. The molecule has 88 valence electrons. The van der Waals surface area contributed by atoms with Crippen molar-refractivity contribution in [2.75, 3.05) is 26.2 Å². The van der Waals surface area contributed by atoms with Crippen LogP contribution in [0.4, 0.5) is 0 Å². The molecule has 0 aromatic carbocycles. The number of carbonyl (C=O) groups excluding carboxylic acids is 1. The zero-order valence-corrected chi connectivity index (χ0v) is 10.3. The van der Waals surface area contributed by atoms with Gasteiger partial charge in [0.25, 0.3) is 0 Å². The Labute approximate surface area is 92.4 Å². The Morgan fingerprint density at radius 2 is 2.00 bits per heavy atom. The van der Waals surface area contributed by atoms with E-state index in [0.717, 1.165) is 13.1 Å². The van der Waals surface area contributed by atoms with Crippen molar-refractivity contribution in [1.82, 2.24) is 9.80 Å². The summed E-state index contributed by atoms with van der Waals surface area (Å²) >= 11 is 0. The zero-order chi connectivity index (χ0) is 11.6. The summed E-state index contributed by atoms with van der Waals surface area (Å²) < 4.78 is 0. The predicted octanol–water partition coefficient (Wildman–Crippen LogP) is 0.276. The Balaban J connectivity index is 2.62. The predicted molar refractivity (Wildman–Crippen MR) is 61.6 cm³/mol. The van der Waals surface area contributed by atoms with Crippen molar-refractivity contribution in [2.24, 2.45) is 5.73 Å². The fourth-order valence-corrected chi connectivity index (χ4v) is 1.88. The van der Waals surface area contributed by atoms with Crippen molar-refractivity contribution < 1.29 is 4.79 Å². The molecular weight excluding hydrogens is 190 g/mol. The minimum Gasteiger partial charge on any atom is -0.338 e. The van der Waals surface area contributed by atoms with Crippen LogP contribution in [0, 0.1) is 0 Å². The highest BCUT2D eigenvalue weighted by Crippen LogP contribution is 2.17. The maximum Gasteiger partial charge on any atom is 0.237 e. The molecule has 15 heavy (non-hydrogen) atoms. The van der Waals surface area contributed by atoms with Gasteiger partial charge in [0, 0.05) is 31.2 Å². The molecule has 0 saturated carbocycles. The Morgan fingerprint density at radius 1 is 1.40 bits per heavy atom. The molecule has 1 aliphatic rings. The van der Waals surface area contributed by atoms with Gasteiger partial charge in [-0.15, -0.1) is 0 Å². The molecule has 0 unspecified atom stereocenters. The molecule has 4 heteroatoms. The smallest absolute Gasteiger partial charge is 0.237 e. The lowest BCUT2D eigenvalue weighted by molar-refractivity contribution is -0.140. The minimum atomic E-state index is -0.0707. The molecule has 1 amide bonds. The summed E-state index contributed by atoms with van der Waals surface area (Å²) in [6, 6.07) is 0.306. The molecule has 1 fully saturated rings. The van der Waals surface area contributed by atoms with E-state index in [4.69, 9.17) is 5.73 Å². The van der Waals surface area contributed by atoms with Crippen molar-refractivity contribution >= 4 is 5.91 Å². The van der Waals surface area contributed by atoms with Crippen molar-refractivity contribution in [3.8, 4) is 0 Å². The first kappa shape index (κ1) is 12.5. The number of piperazine rings is 1. The second-order valence-electron chi connectivity index (χ2n) is 5.12. The van der Waals surface area contributed by atoms with Crippen LogP contribution in [-0.4, -0.2) is 53.5 Å². The van der Waals surface area contributed by atoms with E-state index in [2.05, 4.69) is 32.6 Å². The molecular formula is C11H23N3O. The van der Waals surface area contributed by atoms with Crippen molar-refractivity contribution in [3.05, 3.63) is 0 Å². The molecule has 0 spiro atoms. The first-order chi connectivity index (χ1) is 6.88. The van der Waals surface area contributed by atoms with Crippen molar-refractivity contribution in [2.45, 2.75) is 39.3 Å². The Bertz CT molecular complexity index is 238. The number of carbonyl (C=O) groups is 1. The third-order valence-electron chi connectivity index (χ3n) is 3.24. The lowest BCUT2D eigenvalue weighted by Gasteiger charge is -2.44. The van der Waals surface area contributed by atoms with Gasteiger partial charge in [0.1, 0.15) is 0 Å². The van der Waals surface area contributed by atoms with Crippen LogP contribution in [-0.2, 0) is 4.79 Å². The summed E-state index contributed by atoms with van der Waals surface area (Å²) in [6.45, 7) is 11.1. The molecule has 0 aromatic heterocycles. The van der Waals surface area contributed by atoms with Crippen LogP contribution in [0.2, 0.25) is 0 Å². The quantitative estimate of drug-likeness (QED) is 0.732. The van der Waals surface area contributed by atoms with E-state index in [-0.39, 0.29) is 11.4 Å². The number of hydrogen-bond donors (Lipinski definition) is 1. The van der Waals surface area contributed by atoms with E-state index in [1.54, 1.807) is 0 Å². The van der Waals surface area contributed by atoms with E-state index < -0.39 is 0 Å². The van der Waals surface area contributed by atoms with Gasteiger partial charge in [0.2, 0.25) is 5.91 Å². The van der Waals surface area contributed by atoms with E-state index in [1.165, 1.54) is 0 Å². The summed E-state index contributed by atoms with van der Waals surface area (Å²) in [4.78, 5) is 16.0. The van der Waals surface area contributed by atoms with Gasteiger partial charge in [-0.1, -0.05) is 0 Å². The average molecular weight is 213 g/mol. The maximum absolute atomic E-state index is 11.9. The molecule has 2 N–H and O–H groups in total. The largest absolute Gasteiger partial charge is 0.338 e. The number of rotatable bonds is 3. The molecule has 1 saturated heterocycles. The molecule has 0 bridgehead atoms. The second-order valence-corrected chi connectivity index (χ2v) is 5.12. The van der Waals surface area contributed by atoms with Crippen LogP contribution >= 0.6 is 0 Å². The normalized spacial score (nSPS) is 20.1. The van der Waals surface area contributed by atoms with Gasteiger partial charge in [-0.05, 0) is 27.7 Å². The van der Waals surface area contributed by atoms with Crippen LogP contribution in [0.5, 0.6) is 0 Å². The van der Waals surface area contributed by atoms with E-state index in [1.807, 2.05) is 4.90 Å². The molecule has 0 radical (unpaired) electrons. The molecule has 1 aliphatic heterocycles. The summed E-state index contributed by atoms with van der Waals surface area (Å²) in [5.74, 6) is 0.220. The second kappa shape index (κ2) is 4.49. The number of nitrogens with zero attached hydrogens (tertiary/aromatic N) is 2. The summed E-state index contributed by atoms with van der Waals surface area (Å²) in [5.41, 5.74) is 5.64. The number of amides is 1. The van der Waals surface area contributed by atoms with Gasteiger partial charge in [-0.25, -0.2) is 0 Å². The van der Waals surface area contributed by atoms with Crippen LogP contribution in [0.25, 0.3) is 0 Å².